The second-order valence-corrected chi connectivity index (χ2v) is 5.07. The second kappa shape index (κ2) is 6.89. The summed E-state index contributed by atoms with van der Waals surface area (Å²) in [5.41, 5.74) is 8.28. The van der Waals surface area contributed by atoms with Crippen molar-refractivity contribution in [3.8, 4) is 0 Å². The van der Waals surface area contributed by atoms with Gasteiger partial charge in [0.25, 0.3) is 0 Å². The summed E-state index contributed by atoms with van der Waals surface area (Å²) in [6, 6.07) is 10.7. The molecule has 2 aromatic rings. The Morgan fingerprint density at radius 1 is 1.20 bits per heavy atom. The van der Waals surface area contributed by atoms with Gasteiger partial charge in [-0.05, 0) is 25.3 Å². The van der Waals surface area contributed by atoms with Gasteiger partial charge in [0.15, 0.2) is 0 Å². The van der Waals surface area contributed by atoms with E-state index in [9.17, 15) is 0 Å². The quantitative estimate of drug-likeness (QED) is 0.846. The molecule has 1 aromatic carbocycles. The van der Waals surface area contributed by atoms with Crippen LogP contribution in [-0.2, 0) is 12.8 Å². The maximum absolute atomic E-state index is 5.94. The molecule has 0 radical (unpaired) electrons. The van der Waals surface area contributed by atoms with Crippen molar-refractivity contribution in [2.24, 2.45) is 0 Å². The molecule has 4 heteroatoms. The summed E-state index contributed by atoms with van der Waals surface area (Å²) < 4.78 is 0. The molecule has 0 amide bonds. The highest BCUT2D eigenvalue weighted by atomic mass is 15.1. The Balaban J connectivity index is 2.07. The van der Waals surface area contributed by atoms with Gasteiger partial charge in [0.2, 0.25) is 0 Å². The van der Waals surface area contributed by atoms with E-state index < -0.39 is 0 Å². The van der Waals surface area contributed by atoms with Crippen molar-refractivity contribution in [1.29, 1.82) is 0 Å². The van der Waals surface area contributed by atoms with E-state index in [1.165, 1.54) is 11.9 Å². The number of benzene rings is 1. The third-order valence-electron chi connectivity index (χ3n) is 3.25. The van der Waals surface area contributed by atoms with Crippen LogP contribution in [-0.4, -0.2) is 16.0 Å². The Bertz CT molecular complexity index is 539. The number of anilines is 2. The first-order valence-electron chi connectivity index (χ1n) is 7.10. The molecule has 1 heterocycles. The van der Waals surface area contributed by atoms with Crippen LogP contribution < -0.4 is 11.1 Å². The molecule has 0 aliphatic heterocycles. The average molecular weight is 270 g/mol. The molecule has 0 saturated carbocycles. The molecule has 0 fully saturated rings. The zero-order chi connectivity index (χ0) is 14.4. The van der Waals surface area contributed by atoms with E-state index >= 15 is 0 Å². The molecule has 1 atom stereocenters. The van der Waals surface area contributed by atoms with Gasteiger partial charge in [-0.1, -0.05) is 43.7 Å². The Hall–Kier alpha value is -2.10. The molecular weight excluding hydrogens is 248 g/mol. The van der Waals surface area contributed by atoms with Crippen LogP contribution in [0.5, 0.6) is 0 Å². The zero-order valence-corrected chi connectivity index (χ0v) is 12.1. The second-order valence-electron chi connectivity index (χ2n) is 5.07. The summed E-state index contributed by atoms with van der Waals surface area (Å²) >= 11 is 0. The maximum Gasteiger partial charge on any atom is 0.134 e. The number of nitrogens with zero attached hydrogens (tertiary/aromatic N) is 2. The lowest BCUT2D eigenvalue weighted by atomic mass is 10.1. The van der Waals surface area contributed by atoms with Crippen LogP contribution in [0.25, 0.3) is 0 Å². The number of nitrogen functional groups attached to an aromatic ring is 1. The molecule has 0 bridgehead atoms. The zero-order valence-electron chi connectivity index (χ0n) is 12.1. The van der Waals surface area contributed by atoms with Gasteiger partial charge in [0.1, 0.15) is 18.0 Å². The van der Waals surface area contributed by atoms with E-state index in [1.807, 2.05) is 6.07 Å². The molecule has 106 valence electrons. The first kappa shape index (κ1) is 14.3. The number of nitrogens with one attached hydrogen (secondary N) is 1. The largest absolute Gasteiger partial charge is 0.383 e. The van der Waals surface area contributed by atoms with Crippen molar-refractivity contribution in [2.45, 2.75) is 39.2 Å². The molecule has 0 aliphatic rings. The standard InChI is InChI=1S/C16H22N4/c1-3-7-14-15(17)18-11-19-16(14)20-12(2)10-13-8-5-4-6-9-13/h4-6,8-9,11-12H,3,7,10H2,1-2H3,(H3,17,18,19,20). The number of aromatic nitrogens is 2. The van der Waals surface area contributed by atoms with Crippen molar-refractivity contribution in [3.63, 3.8) is 0 Å². The van der Waals surface area contributed by atoms with Crippen molar-refractivity contribution in [3.05, 3.63) is 47.8 Å². The van der Waals surface area contributed by atoms with Gasteiger partial charge in [-0.2, -0.15) is 0 Å². The summed E-state index contributed by atoms with van der Waals surface area (Å²) in [6.07, 6.45) is 4.40. The first-order chi connectivity index (χ1) is 9.70. The monoisotopic (exact) mass is 270 g/mol. The molecule has 2 rings (SSSR count). The number of hydrogen-bond acceptors (Lipinski definition) is 4. The van der Waals surface area contributed by atoms with Gasteiger partial charge in [-0.3, -0.25) is 0 Å². The van der Waals surface area contributed by atoms with Crippen molar-refractivity contribution in [1.82, 2.24) is 9.97 Å². The molecule has 3 N–H and O–H groups in total. The van der Waals surface area contributed by atoms with Crippen molar-refractivity contribution < 1.29 is 0 Å². The lowest BCUT2D eigenvalue weighted by Crippen LogP contribution is -2.20. The van der Waals surface area contributed by atoms with Gasteiger partial charge in [-0.25, -0.2) is 9.97 Å². The van der Waals surface area contributed by atoms with E-state index in [0.717, 1.165) is 30.6 Å². The first-order valence-corrected chi connectivity index (χ1v) is 7.10. The van der Waals surface area contributed by atoms with Gasteiger partial charge >= 0.3 is 0 Å². The average Bonchev–Trinajstić information content (AvgIpc) is 2.44. The SMILES string of the molecule is CCCc1c(N)ncnc1NC(C)Cc1ccccc1. The number of hydrogen-bond donors (Lipinski definition) is 2. The topological polar surface area (TPSA) is 63.8 Å². The molecular formula is C16H22N4. The molecule has 0 spiro atoms. The van der Waals surface area contributed by atoms with Crippen LogP contribution in [0.2, 0.25) is 0 Å². The molecule has 0 aliphatic carbocycles. The molecule has 1 aromatic heterocycles. The molecule has 20 heavy (non-hydrogen) atoms. The Morgan fingerprint density at radius 3 is 2.65 bits per heavy atom. The minimum absolute atomic E-state index is 0.294. The summed E-state index contributed by atoms with van der Waals surface area (Å²) in [5, 5.41) is 3.45. The van der Waals surface area contributed by atoms with Crippen LogP contribution in [0.15, 0.2) is 36.7 Å². The highest BCUT2D eigenvalue weighted by Gasteiger charge is 2.11. The number of rotatable bonds is 6. The maximum atomic E-state index is 5.94. The fraction of sp³-hybridized carbons (Fsp3) is 0.375. The molecule has 4 nitrogen and oxygen atoms in total. The van der Waals surface area contributed by atoms with Crippen LogP contribution in [0.3, 0.4) is 0 Å². The third-order valence-corrected chi connectivity index (χ3v) is 3.25. The minimum Gasteiger partial charge on any atom is -0.383 e. The Kier molecular flexibility index (Phi) is 4.93. The highest BCUT2D eigenvalue weighted by molar-refractivity contribution is 5.55. The van der Waals surface area contributed by atoms with Crippen LogP contribution in [0, 0.1) is 0 Å². The summed E-state index contributed by atoms with van der Waals surface area (Å²) in [6.45, 7) is 4.28. The molecule has 1 unspecified atom stereocenters. The van der Waals surface area contributed by atoms with Gasteiger partial charge < -0.3 is 11.1 Å². The normalized spacial score (nSPS) is 12.1. The third kappa shape index (κ3) is 3.70. The van der Waals surface area contributed by atoms with E-state index in [1.54, 1.807) is 0 Å². The predicted octanol–water partition coefficient (Wildman–Crippen LogP) is 3.05. The van der Waals surface area contributed by atoms with E-state index in [-0.39, 0.29) is 0 Å². The van der Waals surface area contributed by atoms with Crippen LogP contribution >= 0.6 is 0 Å². The van der Waals surface area contributed by atoms with Crippen LogP contribution in [0.1, 0.15) is 31.4 Å². The van der Waals surface area contributed by atoms with Crippen LogP contribution in [0.4, 0.5) is 11.6 Å². The fourth-order valence-electron chi connectivity index (χ4n) is 2.30. The van der Waals surface area contributed by atoms with Gasteiger partial charge in [0.05, 0.1) is 0 Å². The smallest absolute Gasteiger partial charge is 0.134 e. The van der Waals surface area contributed by atoms with Crippen molar-refractivity contribution >= 4 is 11.6 Å². The summed E-state index contributed by atoms with van der Waals surface area (Å²) in [5.74, 6) is 1.44. The summed E-state index contributed by atoms with van der Waals surface area (Å²) in [4.78, 5) is 8.41. The lowest BCUT2D eigenvalue weighted by molar-refractivity contribution is 0.777. The predicted molar refractivity (Wildman–Crippen MR) is 83.7 cm³/mol. The Morgan fingerprint density at radius 2 is 1.95 bits per heavy atom. The summed E-state index contributed by atoms with van der Waals surface area (Å²) in [7, 11) is 0. The van der Waals surface area contributed by atoms with Gasteiger partial charge in [-0.15, -0.1) is 0 Å². The Labute approximate surface area is 120 Å². The van der Waals surface area contributed by atoms with E-state index in [4.69, 9.17) is 5.73 Å². The lowest BCUT2D eigenvalue weighted by Gasteiger charge is -2.17. The fourth-order valence-corrected chi connectivity index (χ4v) is 2.30. The minimum atomic E-state index is 0.294. The van der Waals surface area contributed by atoms with E-state index in [2.05, 4.69) is 53.4 Å². The number of nitrogens with two attached hydrogens (primary N) is 1. The highest BCUT2D eigenvalue weighted by Crippen LogP contribution is 2.20. The molecule has 0 saturated heterocycles. The van der Waals surface area contributed by atoms with Gasteiger partial charge in [0, 0.05) is 11.6 Å². The van der Waals surface area contributed by atoms with E-state index in [0.29, 0.717) is 11.9 Å². The van der Waals surface area contributed by atoms with Crippen molar-refractivity contribution in [2.75, 3.05) is 11.1 Å².